The molecular formula is C35H42O3S. The topological polar surface area (TPSA) is 63.5 Å². The molecule has 0 spiro atoms. The lowest BCUT2D eigenvalue weighted by Gasteiger charge is -2.14. The smallest absolute Gasteiger partial charge is 0.116 e. The molecule has 0 heterocycles. The van der Waals surface area contributed by atoms with E-state index in [9.17, 15) is 14.8 Å². The lowest BCUT2D eigenvalue weighted by atomic mass is 9.90. The summed E-state index contributed by atoms with van der Waals surface area (Å²) in [5.74, 6) is 2.17. The number of aromatic hydroxyl groups is 2. The monoisotopic (exact) mass is 542 g/mol. The highest BCUT2D eigenvalue weighted by Gasteiger charge is 2.11. The fourth-order valence-corrected chi connectivity index (χ4v) is 6.46. The van der Waals surface area contributed by atoms with Crippen molar-refractivity contribution in [1.29, 1.82) is 0 Å². The summed E-state index contributed by atoms with van der Waals surface area (Å²) in [6.45, 7) is 2.20. The van der Waals surface area contributed by atoms with Crippen molar-refractivity contribution < 1.29 is 14.8 Å². The Morgan fingerprint density at radius 2 is 1.28 bits per heavy atom. The fourth-order valence-electron chi connectivity index (χ4n) is 5.27. The van der Waals surface area contributed by atoms with E-state index in [-0.39, 0.29) is 11.5 Å². The number of aryl methyl sites for hydroxylation is 3. The molecule has 0 fully saturated rings. The molecule has 4 heteroatoms. The first-order valence-electron chi connectivity index (χ1n) is 14.5. The van der Waals surface area contributed by atoms with Crippen LogP contribution in [0.1, 0.15) is 68.6 Å². The summed E-state index contributed by atoms with van der Waals surface area (Å²) in [7, 11) is 0. The number of fused-ring (bicyclic) bond motifs is 1. The molecule has 0 amide bonds. The molecule has 0 saturated carbocycles. The van der Waals surface area contributed by atoms with Crippen LogP contribution in [-0.4, -0.2) is 26.3 Å². The van der Waals surface area contributed by atoms with Crippen LogP contribution < -0.4 is 0 Å². The van der Waals surface area contributed by atoms with Crippen molar-refractivity contribution in [3.63, 3.8) is 0 Å². The van der Waals surface area contributed by atoms with Crippen molar-refractivity contribution in [3.05, 3.63) is 95.6 Å². The first-order chi connectivity index (χ1) is 19.0. The van der Waals surface area contributed by atoms with Crippen LogP contribution >= 0.6 is 0 Å². The molecule has 0 aromatic heterocycles. The summed E-state index contributed by atoms with van der Waals surface area (Å²) in [6, 6.07) is 26.1. The van der Waals surface area contributed by atoms with Gasteiger partial charge in [0.1, 0.15) is 23.0 Å². The van der Waals surface area contributed by atoms with Gasteiger partial charge in [0.2, 0.25) is 0 Å². The van der Waals surface area contributed by atoms with Crippen LogP contribution in [0, 0.1) is 0 Å². The van der Waals surface area contributed by atoms with Crippen molar-refractivity contribution in [2.24, 2.45) is 0 Å². The zero-order chi connectivity index (χ0) is 27.5. The maximum Gasteiger partial charge on any atom is 0.116 e. The second-order valence-electron chi connectivity index (χ2n) is 10.6. The molecule has 39 heavy (non-hydrogen) atoms. The minimum absolute atomic E-state index is 0.270. The normalized spacial score (nSPS) is 12.2. The Balaban J connectivity index is 1.28. The summed E-state index contributed by atoms with van der Waals surface area (Å²) < 4.78 is 12.2. The molecule has 0 aliphatic carbocycles. The van der Waals surface area contributed by atoms with Gasteiger partial charge in [0.15, 0.2) is 0 Å². The maximum absolute atomic E-state index is 12.2. The van der Waals surface area contributed by atoms with E-state index < -0.39 is 11.2 Å². The minimum Gasteiger partial charge on any atom is -0.616 e. The summed E-state index contributed by atoms with van der Waals surface area (Å²) >= 11 is -0.701. The van der Waals surface area contributed by atoms with Gasteiger partial charge in [-0.2, -0.15) is 0 Å². The number of benzene rings is 4. The van der Waals surface area contributed by atoms with E-state index in [2.05, 4.69) is 43.3 Å². The van der Waals surface area contributed by atoms with E-state index in [0.717, 1.165) is 67.4 Å². The van der Waals surface area contributed by atoms with Crippen LogP contribution in [0.15, 0.2) is 78.9 Å². The van der Waals surface area contributed by atoms with E-state index in [0.29, 0.717) is 0 Å². The highest BCUT2D eigenvalue weighted by Crippen LogP contribution is 2.34. The van der Waals surface area contributed by atoms with E-state index in [4.69, 9.17) is 0 Å². The Kier molecular flexibility index (Phi) is 11.2. The molecule has 0 bridgehead atoms. The van der Waals surface area contributed by atoms with Gasteiger partial charge in [-0.15, -0.1) is 0 Å². The van der Waals surface area contributed by atoms with E-state index in [1.165, 1.54) is 46.9 Å². The van der Waals surface area contributed by atoms with E-state index in [1.807, 2.05) is 24.3 Å². The Bertz CT molecular complexity index is 1300. The largest absolute Gasteiger partial charge is 0.616 e. The van der Waals surface area contributed by atoms with Crippen LogP contribution in [0.4, 0.5) is 0 Å². The molecule has 2 N–H and O–H groups in total. The molecule has 0 aliphatic heterocycles. The van der Waals surface area contributed by atoms with Crippen LogP contribution in [-0.2, 0) is 30.4 Å². The molecular weight excluding hydrogens is 500 g/mol. The zero-order valence-corrected chi connectivity index (χ0v) is 24.0. The summed E-state index contributed by atoms with van der Waals surface area (Å²) in [6.07, 6.45) is 11.0. The van der Waals surface area contributed by atoms with Crippen molar-refractivity contribution in [2.75, 3.05) is 11.5 Å². The van der Waals surface area contributed by atoms with Gasteiger partial charge in [-0.05, 0) is 101 Å². The van der Waals surface area contributed by atoms with Gasteiger partial charge in [0, 0.05) is 6.42 Å². The third kappa shape index (κ3) is 8.78. The second-order valence-corrected chi connectivity index (χ2v) is 12.3. The highest BCUT2D eigenvalue weighted by molar-refractivity contribution is 7.91. The molecule has 3 nitrogen and oxygen atoms in total. The van der Waals surface area contributed by atoms with Gasteiger partial charge in [-0.1, -0.05) is 92.0 Å². The number of unbranched alkanes of at least 4 members (excludes halogenated alkanes) is 5. The molecule has 0 aliphatic rings. The standard InChI is InChI=1S/C35H42O3S/c1-2-3-4-8-24-39(38)25-23-28-13-11-27(12-14-28)9-6-5-7-10-35-33(29-15-18-31(36)19-16-29)21-17-30-26-32(37)20-22-34(30)35/h11-22,26,36-37H,2-10,23-25H2,1H3. The van der Waals surface area contributed by atoms with Crippen molar-refractivity contribution in [3.8, 4) is 22.6 Å². The summed E-state index contributed by atoms with van der Waals surface area (Å²) in [4.78, 5) is 0. The van der Waals surface area contributed by atoms with Gasteiger partial charge < -0.3 is 14.8 Å². The molecule has 4 rings (SSSR count). The third-order valence-electron chi connectivity index (χ3n) is 7.55. The number of hydrogen-bond donors (Lipinski definition) is 2. The van der Waals surface area contributed by atoms with Crippen LogP contribution in [0.2, 0.25) is 0 Å². The van der Waals surface area contributed by atoms with Crippen molar-refractivity contribution in [1.82, 2.24) is 0 Å². The van der Waals surface area contributed by atoms with Crippen LogP contribution in [0.3, 0.4) is 0 Å². The number of phenols is 2. The first kappa shape index (κ1) is 29.0. The van der Waals surface area contributed by atoms with E-state index in [1.54, 1.807) is 18.2 Å². The average molecular weight is 543 g/mol. The molecule has 1 unspecified atom stereocenters. The zero-order valence-electron chi connectivity index (χ0n) is 23.2. The predicted molar refractivity (Wildman–Crippen MR) is 166 cm³/mol. The van der Waals surface area contributed by atoms with E-state index >= 15 is 0 Å². The summed E-state index contributed by atoms with van der Waals surface area (Å²) in [5.41, 5.74) is 6.23. The molecule has 1 atom stereocenters. The maximum atomic E-state index is 12.2. The van der Waals surface area contributed by atoms with Crippen LogP contribution in [0.5, 0.6) is 11.5 Å². The fraction of sp³-hybridized carbons (Fsp3) is 0.371. The van der Waals surface area contributed by atoms with Crippen LogP contribution in [0.25, 0.3) is 21.9 Å². The van der Waals surface area contributed by atoms with Crippen molar-refractivity contribution in [2.45, 2.75) is 71.1 Å². The first-order valence-corrected chi connectivity index (χ1v) is 16.0. The van der Waals surface area contributed by atoms with Gasteiger partial charge in [0.05, 0.1) is 0 Å². The number of rotatable bonds is 15. The van der Waals surface area contributed by atoms with Gasteiger partial charge in [0.25, 0.3) is 0 Å². The lowest BCUT2D eigenvalue weighted by Crippen LogP contribution is -2.13. The molecule has 206 valence electrons. The molecule has 0 radical (unpaired) electrons. The Labute approximate surface area is 237 Å². The number of hydrogen-bond acceptors (Lipinski definition) is 3. The van der Waals surface area contributed by atoms with Gasteiger partial charge in [-0.3, -0.25) is 0 Å². The van der Waals surface area contributed by atoms with Crippen molar-refractivity contribution >= 4 is 21.9 Å². The predicted octanol–water partition coefficient (Wildman–Crippen LogP) is 8.75. The average Bonchev–Trinajstić information content (AvgIpc) is 2.95. The number of phenolic OH excluding ortho intramolecular Hbond substituents is 2. The highest BCUT2D eigenvalue weighted by atomic mass is 32.2. The Hall–Kier alpha value is -2.95. The lowest BCUT2D eigenvalue weighted by molar-refractivity contribution is 0.475. The van der Waals surface area contributed by atoms with Gasteiger partial charge >= 0.3 is 0 Å². The minimum atomic E-state index is -0.701. The molecule has 0 saturated heterocycles. The quantitative estimate of drug-likeness (QED) is 0.117. The summed E-state index contributed by atoms with van der Waals surface area (Å²) in [5, 5.41) is 21.9. The SMILES string of the molecule is CCCCCC[S+]([O-])CCc1ccc(CCCCCc2c(-c3ccc(O)cc3)ccc3cc(O)ccc23)cc1. The molecule has 4 aromatic carbocycles. The Morgan fingerprint density at radius 1 is 0.615 bits per heavy atom. The second kappa shape index (κ2) is 15.0. The third-order valence-corrected chi connectivity index (χ3v) is 8.96. The van der Waals surface area contributed by atoms with Gasteiger partial charge in [-0.25, -0.2) is 0 Å². The Morgan fingerprint density at radius 3 is 2.03 bits per heavy atom. The molecule has 4 aromatic rings.